The summed E-state index contributed by atoms with van der Waals surface area (Å²) < 4.78 is 0. The maximum Gasteiger partial charge on any atom is 0.180 e. The Morgan fingerprint density at radius 2 is 2.36 bits per heavy atom. The van der Waals surface area contributed by atoms with E-state index in [1.807, 2.05) is 25.3 Å². The van der Waals surface area contributed by atoms with E-state index in [2.05, 4.69) is 20.9 Å². The van der Waals surface area contributed by atoms with E-state index in [1.165, 1.54) is 30.5 Å². The number of carbonyl (C=O) groups is 1. The molecule has 2 aliphatic heterocycles. The van der Waals surface area contributed by atoms with Gasteiger partial charge in [-0.3, -0.25) is 9.69 Å². The minimum absolute atomic E-state index is 0.105. The van der Waals surface area contributed by atoms with Crippen molar-refractivity contribution < 1.29 is 4.79 Å². The zero-order valence-corrected chi connectivity index (χ0v) is 12.9. The molecule has 0 amide bonds. The van der Waals surface area contributed by atoms with Gasteiger partial charge >= 0.3 is 0 Å². The highest BCUT2D eigenvalue weighted by Gasteiger charge is 2.28. The number of hydrogen-bond donors (Lipinski definition) is 1. The van der Waals surface area contributed by atoms with E-state index in [-0.39, 0.29) is 5.78 Å². The Hall–Kier alpha value is -1.94. The normalized spacial score (nSPS) is 21.9. The second kappa shape index (κ2) is 5.36. The van der Waals surface area contributed by atoms with Gasteiger partial charge in [-0.25, -0.2) is 4.98 Å². The molecule has 4 rings (SSSR count). The number of carbonyl (C=O) groups excluding carboxylic acids is 1. The summed E-state index contributed by atoms with van der Waals surface area (Å²) >= 11 is 0. The zero-order chi connectivity index (χ0) is 15.1. The third-order valence-electron chi connectivity index (χ3n) is 5.00. The van der Waals surface area contributed by atoms with E-state index in [1.54, 1.807) is 0 Å². The number of nitrogens with zero attached hydrogens (tertiary/aromatic N) is 2. The molecule has 22 heavy (non-hydrogen) atoms. The summed E-state index contributed by atoms with van der Waals surface area (Å²) in [6.45, 7) is 4.15. The Bertz CT molecular complexity index is 759. The van der Waals surface area contributed by atoms with Crippen LogP contribution in [0.25, 0.3) is 16.6 Å². The van der Waals surface area contributed by atoms with Crippen LogP contribution in [0.1, 0.15) is 48.7 Å². The molecule has 4 heterocycles. The van der Waals surface area contributed by atoms with Gasteiger partial charge in [0.15, 0.2) is 5.78 Å². The molecule has 2 aromatic heterocycles. The van der Waals surface area contributed by atoms with Gasteiger partial charge < -0.3 is 4.98 Å². The van der Waals surface area contributed by atoms with Gasteiger partial charge in [0, 0.05) is 30.8 Å². The first-order valence-corrected chi connectivity index (χ1v) is 8.21. The van der Waals surface area contributed by atoms with Crippen LogP contribution in [0.15, 0.2) is 24.4 Å². The van der Waals surface area contributed by atoms with Crippen LogP contribution >= 0.6 is 0 Å². The summed E-state index contributed by atoms with van der Waals surface area (Å²) in [5.41, 5.74) is 5.08. The molecule has 0 radical (unpaired) electrons. The van der Waals surface area contributed by atoms with Crippen LogP contribution in [-0.2, 0) is 0 Å². The van der Waals surface area contributed by atoms with Crippen LogP contribution in [0.3, 0.4) is 0 Å². The fourth-order valence-corrected chi connectivity index (χ4v) is 3.73. The van der Waals surface area contributed by atoms with Crippen LogP contribution < -0.4 is 0 Å². The summed E-state index contributed by atoms with van der Waals surface area (Å²) in [5, 5.41) is 0. The number of Topliss-reactive ketones (excluding diaryl/α,β-unsaturated/α-hetero) is 1. The van der Waals surface area contributed by atoms with Crippen molar-refractivity contribution in [2.75, 3.05) is 13.1 Å². The average Bonchev–Trinajstić information content (AvgIpc) is 3.18. The van der Waals surface area contributed by atoms with E-state index in [4.69, 9.17) is 0 Å². The number of fused-ring (bicyclic) bond motifs is 2. The molecule has 2 aromatic rings. The lowest BCUT2D eigenvalue weighted by Crippen LogP contribution is -2.32. The van der Waals surface area contributed by atoms with Crippen molar-refractivity contribution in [1.29, 1.82) is 0 Å². The highest BCUT2D eigenvalue weighted by atomic mass is 16.1. The quantitative estimate of drug-likeness (QED) is 0.883. The number of nitrogens with one attached hydrogen (secondary N) is 1. The maximum absolute atomic E-state index is 11.9. The van der Waals surface area contributed by atoms with Gasteiger partial charge in [-0.2, -0.15) is 0 Å². The molecule has 0 bridgehead atoms. The van der Waals surface area contributed by atoms with Crippen molar-refractivity contribution >= 4 is 22.4 Å². The van der Waals surface area contributed by atoms with Crippen LogP contribution in [0.5, 0.6) is 0 Å². The van der Waals surface area contributed by atoms with E-state index in [0.29, 0.717) is 18.2 Å². The first-order valence-electron chi connectivity index (χ1n) is 8.21. The lowest BCUT2D eigenvalue weighted by atomic mass is 9.95. The second-order valence-corrected chi connectivity index (χ2v) is 6.30. The lowest BCUT2D eigenvalue weighted by molar-refractivity contribution is 0.0984. The Kier molecular flexibility index (Phi) is 3.34. The van der Waals surface area contributed by atoms with Crippen LogP contribution in [0.4, 0.5) is 0 Å². The topological polar surface area (TPSA) is 49.0 Å². The molecule has 0 aromatic carbocycles. The number of pyridine rings is 1. The monoisotopic (exact) mass is 295 g/mol. The highest BCUT2D eigenvalue weighted by Crippen LogP contribution is 2.34. The van der Waals surface area contributed by atoms with Gasteiger partial charge in [-0.15, -0.1) is 0 Å². The fraction of sp³-hybridized carbons (Fsp3) is 0.444. The van der Waals surface area contributed by atoms with Crippen molar-refractivity contribution in [1.82, 2.24) is 14.9 Å². The Balaban J connectivity index is 1.73. The molecular weight excluding hydrogens is 274 g/mol. The summed E-state index contributed by atoms with van der Waals surface area (Å²) in [7, 11) is 0. The molecule has 4 nitrogen and oxygen atoms in total. The van der Waals surface area contributed by atoms with Crippen LogP contribution in [0, 0.1) is 0 Å². The molecule has 1 fully saturated rings. The molecule has 1 atom stereocenters. The van der Waals surface area contributed by atoms with Crippen molar-refractivity contribution in [3.8, 4) is 0 Å². The third kappa shape index (κ3) is 2.18. The molecule has 1 N–H and O–H groups in total. The first kappa shape index (κ1) is 13.7. The second-order valence-electron chi connectivity index (χ2n) is 6.30. The molecular formula is C18H21N3O. The smallest absolute Gasteiger partial charge is 0.180 e. The maximum atomic E-state index is 11.9. The van der Waals surface area contributed by atoms with Gasteiger partial charge in [-0.05, 0) is 43.5 Å². The van der Waals surface area contributed by atoms with E-state index in [9.17, 15) is 4.79 Å². The van der Waals surface area contributed by atoms with E-state index in [0.717, 1.165) is 24.0 Å². The van der Waals surface area contributed by atoms with Crippen molar-refractivity contribution in [2.24, 2.45) is 0 Å². The first-order chi connectivity index (χ1) is 10.8. The largest absolute Gasteiger partial charge is 0.359 e. The fourth-order valence-electron chi connectivity index (χ4n) is 3.73. The van der Waals surface area contributed by atoms with Gasteiger partial charge in [-0.1, -0.05) is 13.0 Å². The molecule has 1 saturated heterocycles. The number of aromatic nitrogens is 2. The standard InChI is InChI=1S/C18H21N3O/c1-2-17(22)15-5-6-16-18(20-15)14(11-19-16)12-7-9-21-8-3-4-13(21)10-12/h5-7,11,13,19H,2-4,8-10H2,1H3. The number of ketones is 1. The van der Waals surface area contributed by atoms with Gasteiger partial charge in [0.05, 0.1) is 11.0 Å². The predicted octanol–water partition coefficient (Wildman–Crippen LogP) is 3.41. The van der Waals surface area contributed by atoms with Crippen molar-refractivity contribution in [2.45, 2.75) is 38.6 Å². The molecule has 0 spiro atoms. The van der Waals surface area contributed by atoms with Crippen LogP contribution in [-0.4, -0.2) is 39.8 Å². The lowest BCUT2D eigenvalue weighted by Gasteiger charge is -2.28. The van der Waals surface area contributed by atoms with Gasteiger partial charge in [0.1, 0.15) is 5.69 Å². The van der Waals surface area contributed by atoms with E-state index >= 15 is 0 Å². The molecule has 0 saturated carbocycles. The van der Waals surface area contributed by atoms with Crippen molar-refractivity contribution in [3.63, 3.8) is 0 Å². The highest BCUT2D eigenvalue weighted by molar-refractivity contribution is 5.98. The molecule has 2 aliphatic rings. The number of H-pyrrole nitrogens is 1. The summed E-state index contributed by atoms with van der Waals surface area (Å²) in [6, 6.07) is 4.48. The van der Waals surface area contributed by atoms with Crippen molar-refractivity contribution in [3.05, 3.63) is 35.7 Å². The summed E-state index contributed by atoms with van der Waals surface area (Å²) in [5.74, 6) is 0.105. The minimum atomic E-state index is 0.105. The number of hydrogen-bond acceptors (Lipinski definition) is 3. The molecule has 1 unspecified atom stereocenters. The summed E-state index contributed by atoms with van der Waals surface area (Å²) in [4.78, 5) is 22.4. The molecule has 0 aliphatic carbocycles. The van der Waals surface area contributed by atoms with E-state index < -0.39 is 0 Å². The Morgan fingerprint density at radius 1 is 1.45 bits per heavy atom. The predicted molar refractivity (Wildman–Crippen MR) is 87.9 cm³/mol. The number of rotatable bonds is 3. The third-order valence-corrected chi connectivity index (χ3v) is 5.00. The Morgan fingerprint density at radius 3 is 3.23 bits per heavy atom. The van der Waals surface area contributed by atoms with Gasteiger partial charge in [0.2, 0.25) is 0 Å². The van der Waals surface area contributed by atoms with Gasteiger partial charge in [0.25, 0.3) is 0 Å². The number of aromatic amines is 1. The minimum Gasteiger partial charge on any atom is -0.359 e. The molecule has 4 heteroatoms. The summed E-state index contributed by atoms with van der Waals surface area (Å²) in [6.07, 6.45) is 8.59. The molecule has 114 valence electrons. The van der Waals surface area contributed by atoms with Crippen LogP contribution in [0.2, 0.25) is 0 Å². The SMILES string of the molecule is CCC(=O)c1ccc2[nH]cc(C3=CCN4CCCC4C3)c2n1. The zero-order valence-electron chi connectivity index (χ0n) is 12.9. The average molecular weight is 295 g/mol. The Labute approximate surface area is 130 Å².